The predicted octanol–water partition coefficient (Wildman–Crippen LogP) is 1.50. The first-order chi connectivity index (χ1) is 7.46. The Bertz CT molecular complexity index is 355. The Balaban J connectivity index is 2.64. The van der Waals surface area contributed by atoms with E-state index in [1.54, 1.807) is 24.9 Å². The number of anilines is 2. The second-order valence-corrected chi connectivity index (χ2v) is 5.04. The van der Waals surface area contributed by atoms with E-state index in [0.717, 1.165) is 5.56 Å². The molecule has 5 heteroatoms. The summed E-state index contributed by atoms with van der Waals surface area (Å²) in [6.07, 6.45) is 3.67. The first kappa shape index (κ1) is 13.1. The fourth-order valence-electron chi connectivity index (χ4n) is 1.35. The quantitative estimate of drug-likeness (QED) is 0.728. The number of pyridine rings is 1. The molecule has 0 aliphatic rings. The van der Waals surface area contributed by atoms with Crippen molar-refractivity contribution in [2.75, 3.05) is 29.6 Å². The topological polar surface area (TPSA) is 71.2 Å². The van der Waals surface area contributed by atoms with Crippen LogP contribution in [0.25, 0.3) is 0 Å². The molecule has 1 heterocycles. The molecule has 0 amide bonds. The molecular formula is C11H19N3OS. The maximum Gasteiger partial charge on any atom is 0.149 e. The largest absolute Gasteiger partial charge is 0.396 e. The Morgan fingerprint density at radius 1 is 1.62 bits per heavy atom. The zero-order valence-electron chi connectivity index (χ0n) is 9.95. The third-order valence-electron chi connectivity index (χ3n) is 2.30. The molecule has 0 aliphatic carbocycles. The van der Waals surface area contributed by atoms with Crippen LogP contribution in [0.5, 0.6) is 0 Å². The van der Waals surface area contributed by atoms with Crippen molar-refractivity contribution in [3.05, 3.63) is 17.8 Å². The highest BCUT2D eigenvalue weighted by Gasteiger charge is 2.19. The highest BCUT2D eigenvalue weighted by Crippen LogP contribution is 2.20. The number of nitrogen functional groups attached to an aromatic ring is 1. The van der Waals surface area contributed by atoms with E-state index in [0.29, 0.717) is 23.8 Å². The number of hydrogen-bond donors (Lipinski definition) is 3. The van der Waals surface area contributed by atoms with Gasteiger partial charge in [-0.2, -0.15) is 11.8 Å². The average Bonchev–Trinajstić information content (AvgIpc) is 2.20. The van der Waals surface area contributed by atoms with Gasteiger partial charge in [-0.25, -0.2) is 4.98 Å². The van der Waals surface area contributed by atoms with E-state index in [1.165, 1.54) is 0 Å². The SMILES string of the molecule is CSCC(C)(O)CNc1nccc(C)c1N. The lowest BCUT2D eigenvalue weighted by Crippen LogP contribution is -2.36. The fourth-order valence-corrected chi connectivity index (χ4v) is 2.07. The van der Waals surface area contributed by atoms with Gasteiger partial charge in [0.05, 0.1) is 11.3 Å². The summed E-state index contributed by atoms with van der Waals surface area (Å²) in [7, 11) is 0. The summed E-state index contributed by atoms with van der Waals surface area (Å²) in [5.74, 6) is 1.31. The van der Waals surface area contributed by atoms with Gasteiger partial charge in [0.2, 0.25) is 0 Å². The number of nitrogens with two attached hydrogens (primary N) is 1. The van der Waals surface area contributed by atoms with Crippen LogP contribution in [-0.2, 0) is 0 Å². The second-order valence-electron chi connectivity index (χ2n) is 4.17. The van der Waals surface area contributed by atoms with E-state index in [-0.39, 0.29) is 0 Å². The van der Waals surface area contributed by atoms with Crippen LogP contribution < -0.4 is 11.1 Å². The minimum Gasteiger partial charge on any atom is -0.396 e. The molecule has 0 aromatic carbocycles. The molecule has 0 bridgehead atoms. The van der Waals surface area contributed by atoms with Crippen LogP contribution in [0.3, 0.4) is 0 Å². The van der Waals surface area contributed by atoms with E-state index < -0.39 is 5.60 Å². The lowest BCUT2D eigenvalue weighted by Gasteiger charge is -2.23. The average molecular weight is 241 g/mol. The number of aliphatic hydroxyl groups is 1. The normalized spacial score (nSPS) is 14.5. The van der Waals surface area contributed by atoms with Crippen LogP contribution in [0.4, 0.5) is 11.5 Å². The van der Waals surface area contributed by atoms with E-state index in [2.05, 4.69) is 10.3 Å². The number of hydrogen-bond acceptors (Lipinski definition) is 5. The van der Waals surface area contributed by atoms with Crippen molar-refractivity contribution in [2.24, 2.45) is 0 Å². The van der Waals surface area contributed by atoms with E-state index in [4.69, 9.17) is 5.73 Å². The Labute approximate surface area is 101 Å². The summed E-state index contributed by atoms with van der Waals surface area (Å²) >= 11 is 1.61. The third-order valence-corrected chi connectivity index (χ3v) is 3.21. The molecule has 0 saturated carbocycles. The molecule has 1 rings (SSSR count). The van der Waals surface area contributed by atoms with Crippen LogP contribution in [0, 0.1) is 6.92 Å². The molecule has 1 unspecified atom stereocenters. The molecule has 1 aromatic rings. The lowest BCUT2D eigenvalue weighted by atomic mass is 10.1. The van der Waals surface area contributed by atoms with Crippen molar-refractivity contribution in [2.45, 2.75) is 19.4 Å². The molecule has 1 aromatic heterocycles. The predicted molar refractivity (Wildman–Crippen MR) is 70.9 cm³/mol. The zero-order valence-corrected chi connectivity index (χ0v) is 10.8. The summed E-state index contributed by atoms with van der Waals surface area (Å²) in [6.45, 7) is 4.17. The minimum atomic E-state index is -0.753. The Morgan fingerprint density at radius 2 is 2.31 bits per heavy atom. The van der Waals surface area contributed by atoms with Crippen molar-refractivity contribution in [1.29, 1.82) is 0 Å². The van der Waals surface area contributed by atoms with Gasteiger partial charge in [0.15, 0.2) is 0 Å². The third kappa shape index (κ3) is 3.57. The standard InChI is InChI=1S/C11H19N3OS/c1-8-4-5-13-10(9(8)12)14-6-11(2,15)7-16-3/h4-5,15H,6-7,12H2,1-3H3,(H,13,14). The molecule has 0 fully saturated rings. The van der Waals surface area contributed by atoms with Gasteiger partial charge in [-0.15, -0.1) is 0 Å². The van der Waals surface area contributed by atoms with Crippen molar-refractivity contribution < 1.29 is 5.11 Å². The van der Waals surface area contributed by atoms with Gasteiger partial charge in [0.25, 0.3) is 0 Å². The van der Waals surface area contributed by atoms with Crippen LogP contribution in [0.1, 0.15) is 12.5 Å². The Kier molecular flexibility index (Phi) is 4.44. The highest BCUT2D eigenvalue weighted by atomic mass is 32.2. The van der Waals surface area contributed by atoms with Crippen LogP contribution in [-0.4, -0.2) is 34.2 Å². The summed E-state index contributed by atoms with van der Waals surface area (Å²) < 4.78 is 0. The van der Waals surface area contributed by atoms with Crippen molar-refractivity contribution in [3.8, 4) is 0 Å². The number of aryl methyl sites for hydroxylation is 1. The molecule has 0 saturated heterocycles. The van der Waals surface area contributed by atoms with E-state index in [1.807, 2.05) is 19.2 Å². The molecule has 0 radical (unpaired) electrons. The molecule has 1 atom stereocenters. The van der Waals surface area contributed by atoms with Crippen molar-refractivity contribution in [1.82, 2.24) is 4.98 Å². The molecule has 4 nitrogen and oxygen atoms in total. The van der Waals surface area contributed by atoms with Gasteiger partial charge in [0.1, 0.15) is 5.82 Å². The maximum absolute atomic E-state index is 9.98. The smallest absolute Gasteiger partial charge is 0.149 e. The first-order valence-corrected chi connectivity index (χ1v) is 6.52. The molecule has 0 spiro atoms. The van der Waals surface area contributed by atoms with Gasteiger partial charge in [-0.05, 0) is 31.7 Å². The molecule has 0 aliphatic heterocycles. The van der Waals surface area contributed by atoms with Gasteiger partial charge in [-0.1, -0.05) is 0 Å². The van der Waals surface area contributed by atoms with Crippen LogP contribution in [0.15, 0.2) is 12.3 Å². The summed E-state index contributed by atoms with van der Waals surface area (Å²) in [4.78, 5) is 4.15. The molecular weight excluding hydrogens is 222 g/mol. The van der Waals surface area contributed by atoms with E-state index >= 15 is 0 Å². The fraction of sp³-hybridized carbons (Fsp3) is 0.545. The van der Waals surface area contributed by atoms with Crippen LogP contribution in [0.2, 0.25) is 0 Å². The van der Waals surface area contributed by atoms with Crippen LogP contribution >= 0.6 is 11.8 Å². The first-order valence-electron chi connectivity index (χ1n) is 5.12. The zero-order chi connectivity index (χ0) is 12.2. The summed E-state index contributed by atoms with van der Waals surface area (Å²) in [5, 5.41) is 13.1. The van der Waals surface area contributed by atoms with Gasteiger partial charge >= 0.3 is 0 Å². The van der Waals surface area contributed by atoms with Gasteiger partial charge in [-0.3, -0.25) is 0 Å². The number of rotatable bonds is 5. The lowest BCUT2D eigenvalue weighted by molar-refractivity contribution is 0.0996. The summed E-state index contributed by atoms with van der Waals surface area (Å²) in [6, 6.07) is 1.86. The minimum absolute atomic E-state index is 0.439. The van der Waals surface area contributed by atoms with E-state index in [9.17, 15) is 5.11 Å². The molecule has 4 N–H and O–H groups in total. The molecule has 16 heavy (non-hydrogen) atoms. The molecule has 90 valence electrons. The monoisotopic (exact) mass is 241 g/mol. The van der Waals surface area contributed by atoms with Gasteiger partial charge in [0, 0.05) is 18.5 Å². The Hall–Kier alpha value is -0.940. The van der Waals surface area contributed by atoms with Crippen molar-refractivity contribution >= 4 is 23.3 Å². The van der Waals surface area contributed by atoms with Gasteiger partial charge < -0.3 is 16.2 Å². The highest BCUT2D eigenvalue weighted by molar-refractivity contribution is 7.98. The number of nitrogens with one attached hydrogen (secondary N) is 1. The maximum atomic E-state index is 9.98. The van der Waals surface area contributed by atoms with Crippen molar-refractivity contribution in [3.63, 3.8) is 0 Å². The number of thioether (sulfide) groups is 1. The second kappa shape index (κ2) is 5.41. The number of nitrogens with zero attached hydrogens (tertiary/aromatic N) is 1. The Morgan fingerprint density at radius 3 is 2.94 bits per heavy atom. The number of aromatic nitrogens is 1. The summed E-state index contributed by atoms with van der Waals surface area (Å²) in [5.41, 5.74) is 6.75.